The number of benzene rings is 1. The maximum Gasteiger partial charge on any atom is 0.255 e. The lowest BCUT2D eigenvalue weighted by molar-refractivity contribution is 0.0602. The zero-order valence-electron chi connectivity index (χ0n) is 19.7. The van der Waals surface area contributed by atoms with Gasteiger partial charge in [0.1, 0.15) is 5.82 Å². The van der Waals surface area contributed by atoms with E-state index in [4.69, 9.17) is 16.7 Å². The highest BCUT2D eigenvalue weighted by Gasteiger charge is 2.32. The van der Waals surface area contributed by atoms with Gasteiger partial charge in [-0.15, -0.1) is 0 Å². The molecule has 0 bridgehead atoms. The van der Waals surface area contributed by atoms with E-state index in [0.717, 1.165) is 36.8 Å². The minimum atomic E-state index is -3.42. The van der Waals surface area contributed by atoms with Crippen molar-refractivity contribution in [3.8, 4) is 0 Å². The molecule has 4 rings (SSSR count). The van der Waals surface area contributed by atoms with Gasteiger partial charge >= 0.3 is 0 Å². The zero-order valence-corrected chi connectivity index (χ0v) is 22.1. The van der Waals surface area contributed by atoms with Crippen molar-refractivity contribution in [1.29, 1.82) is 0 Å². The molecule has 1 fully saturated rings. The summed E-state index contributed by atoms with van der Waals surface area (Å²) in [7, 11) is -2.77. The average Bonchev–Trinajstić information content (AvgIpc) is 3.21. The summed E-state index contributed by atoms with van der Waals surface area (Å²) < 4.78 is 25.6. The lowest BCUT2D eigenvalue weighted by atomic mass is 9.98. The summed E-state index contributed by atoms with van der Waals surface area (Å²) in [5.74, 6) is 0.395. The Hall–Kier alpha value is -2.34. The maximum atomic E-state index is 13.7. The molecule has 1 aliphatic heterocycles. The first kappa shape index (κ1) is 25.7. The molecule has 3 aromatic rings. The van der Waals surface area contributed by atoms with Gasteiger partial charge in [0.05, 0.1) is 23.9 Å². The van der Waals surface area contributed by atoms with E-state index in [2.05, 4.69) is 10.3 Å². The molecule has 1 aliphatic rings. The molecule has 9 nitrogen and oxygen atoms in total. The van der Waals surface area contributed by atoms with E-state index in [0.29, 0.717) is 38.7 Å². The quantitative estimate of drug-likeness (QED) is 0.436. The number of piperidine rings is 1. The predicted octanol–water partition coefficient (Wildman–Crippen LogP) is 3.90. The smallest absolute Gasteiger partial charge is 0.255 e. The number of amides is 1. The molecule has 3 heterocycles. The van der Waals surface area contributed by atoms with Crippen LogP contribution in [0.5, 0.6) is 0 Å². The summed E-state index contributed by atoms with van der Waals surface area (Å²) in [5, 5.41) is 17.6. The third-order valence-electron chi connectivity index (χ3n) is 5.83. The Balaban J connectivity index is 1.69. The number of rotatable bonds is 7. The largest absolute Gasteiger partial charge is 0.394 e. The van der Waals surface area contributed by atoms with Crippen molar-refractivity contribution in [3.63, 3.8) is 0 Å². The molecule has 0 unspecified atom stereocenters. The molecule has 1 aromatic carbocycles. The Morgan fingerprint density at radius 1 is 1.34 bits per heavy atom. The highest BCUT2D eigenvalue weighted by molar-refractivity contribution is 8.71. The molecule has 2 aromatic heterocycles. The molecule has 2 atom stereocenters. The van der Waals surface area contributed by atoms with Crippen LogP contribution in [-0.4, -0.2) is 64.4 Å². The van der Waals surface area contributed by atoms with Crippen LogP contribution in [0.2, 0.25) is 5.02 Å². The molecular weight excluding hydrogens is 510 g/mol. The van der Waals surface area contributed by atoms with Crippen molar-refractivity contribution in [3.05, 3.63) is 52.3 Å². The number of fused-ring (bicyclic) bond motifs is 1. The number of hydrogen-bond acceptors (Lipinski definition) is 8. The third kappa shape index (κ3) is 5.91. The maximum absolute atomic E-state index is 13.7. The Morgan fingerprint density at radius 2 is 2.11 bits per heavy atom. The van der Waals surface area contributed by atoms with Crippen LogP contribution in [0, 0.1) is 6.92 Å². The number of aliphatic hydroxyl groups is 1. The molecule has 1 saturated heterocycles. The van der Waals surface area contributed by atoms with Crippen LogP contribution in [0.15, 0.2) is 35.4 Å². The van der Waals surface area contributed by atoms with Crippen molar-refractivity contribution < 1.29 is 18.3 Å². The first-order valence-corrected chi connectivity index (χ1v) is 14.9. The Labute approximate surface area is 213 Å². The van der Waals surface area contributed by atoms with Crippen molar-refractivity contribution in [2.75, 3.05) is 24.7 Å². The molecule has 0 aliphatic carbocycles. The number of carbonyl (C=O) groups is 1. The molecule has 0 spiro atoms. The van der Waals surface area contributed by atoms with E-state index < -0.39 is 8.87 Å². The topological polar surface area (TPSA) is 117 Å². The SMILES string of the molecule is Cc1cn2nc([C@@H]3CCCCN3C(=O)c3cc(Cl)ccc3SS(C)(=O)=O)cc2nc1N[C@@H](C)CO. The second-order valence-electron chi connectivity index (χ2n) is 8.81. The minimum absolute atomic E-state index is 0.0148. The van der Waals surface area contributed by atoms with E-state index in [1.807, 2.05) is 26.1 Å². The average molecular weight is 538 g/mol. The van der Waals surface area contributed by atoms with Gasteiger partial charge in [0.15, 0.2) is 5.65 Å². The third-order valence-corrected chi connectivity index (χ3v) is 8.35. The fourth-order valence-corrected chi connectivity index (χ4v) is 6.43. The number of nitrogens with one attached hydrogen (secondary N) is 1. The van der Waals surface area contributed by atoms with E-state index in [1.54, 1.807) is 21.5 Å². The summed E-state index contributed by atoms with van der Waals surface area (Å²) in [4.78, 5) is 20.5. The number of hydrogen-bond donors (Lipinski definition) is 2. The molecule has 0 saturated carbocycles. The van der Waals surface area contributed by atoms with Gasteiger partial charge in [0, 0.05) is 57.4 Å². The number of halogens is 1. The van der Waals surface area contributed by atoms with Gasteiger partial charge in [-0.25, -0.2) is 17.9 Å². The van der Waals surface area contributed by atoms with Crippen LogP contribution in [0.3, 0.4) is 0 Å². The van der Waals surface area contributed by atoms with Crippen molar-refractivity contribution in [1.82, 2.24) is 19.5 Å². The molecule has 35 heavy (non-hydrogen) atoms. The van der Waals surface area contributed by atoms with E-state index in [-0.39, 0.29) is 30.2 Å². The number of likely N-dealkylation sites (tertiary alicyclic amines) is 1. The van der Waals surface area contributed by atoms with Gasteiger partial charge in [0.2, 0.25) is 8.87 Å². The summed E-state index contributed by atoms with van der Waals surface area (Å²) in [6, 6.07) is 6.13. The van der Waals surface area contributed by atoms with Crippen LogP contribution >= 0.6 is 22.4 Å². The summed E-state index contributed by atoms with van der Waals surface area (Å²) in [5.41, 5.74) is 2.50. The molecule has 2 N–H and O–H groups in total. The van der Waals surface area contributed by atoms with Crippen molar-refractivity contribution >= 4 is 48.6 Å². The number of nitrogens with zero attached hydrogens (tertiary/aromatic N) is 4. The highest BCUT2D eigenvalue weighted by atomic mass is 35.5. The minimum Gasteiger partial charge on any atom is -0.394 e. The lowest BCUT2D eigenvalue weighted by Gasteiger charge is -2.35. The fraction of sp³-hybridized carbons (Fsp3) is 0.435. The van der Waals surface area contributed by atoms with Crippen LogP contribution in [0.4, 0.5) is 5.82 Å². The van der Waals surface area contributed by atoms with Gasteiger partial charge in [-0.05, 0) is 51.3 Å². The van der Waals surface area contributed by atoms with Crippen LogP contribution < -0.4 is 5.32 Å². The standard InChI is InChI=1S/C23H28ClN5O4S2/c1-14-12-29-21(26-22(14)25-15(2)13-30)11-18(27-29)19-6-4-5-9-28(19)23(31)17-10-16(24)7-8-20(17)34-35(3,32)33/h7-8,10-12,15,19,30H,4-6,9,13H2,1-3H3,(H,25,26)/t15-,19-/m0/s1. The number of carbonyl (C=O) groups excluding carboxylic acids is 1. The normalized spacial score (nSPS) is 17.5. The molecule has 188 valence electrons. The molecular formula is C23H28ClN5O4S2. The van der Waals surface area contributed by atoms with Gasteiger partial charge in [-0.3, -0.25) is 4.79 Å². The van der Waals surface area contributed by atoms with Gasteiger partial charge in [0.25, 0.3) is 5.91 Å². The number of aromatic nitrogens is 3. The molecule has 1 amide bonds. The second kappa shape index (κ2) is 10.3. The monoisotopic (exact) mass is 537 g/mol. The Kier molecular flexibility index (Phi) is 7.60. The number of aliphatic hydroxyl groups excluding tert-OH is 1. The Morgan fingerprint density at radius 3 is 2.83 bits per heavy atom. The van der Waals surface area contributed by atoms with Crippen LogP contribution in [0.1, 0.15) is 53.8 Å². The first-order chi connectivity index (χ1) is 16.6. The van der Waals surface area contributed by atoms with Gasteiger partial charge in [-0.2, -0.15) is 5.10 Å². The summed E-state index contributed by atoms with van der Waals surface area (Å²) in [6.45, 7) is 4.29. The van der Waals surface area contributed by atoms with Gasteiger partial charge in [-0.1, -0.05) is 11.6 Å². The summed E-state index contributed by atoms with van der Waals surface area (Å²) >= 11 is 6.18. The van der Waals surface area contributed by atoms with E-state index in [1.165, 1.54) is 6.07 Å². The van der Waals surface area contributed by atoms with E-state index >= 15 is 0 Å². The first-order valence-electron chi connectivity index (χ1n) is 11.3. The van der Waals surface area contributed by atoms with Crippen molar-refractivity contribution in [2.45, 2.75) is 50.1 Å². The number of anilines is 1. The van der Waals surface area contributed by atoms with E-state index in [9.17, 15) is 18.3 Å². The summed E-state index contributed by atoms with van der Waals surface area (Å²) in [6.07, 6.45) is 5.49. The Bertz CT molecular complexity index is 1360. The predicted molar refractivity (Wildman–Crippen MR) is 138 cm³/mol. The van der Waals surface area contributed by atoms with Gasteiger partial charge < -0.3 is 15.3 Å². The second-order valence-corrected chi connectivity index (χ2v) is 13.6. The highest BCUT2D eigenvalue weighted by Crippen LogP contribution is 2.36. The van der Waals surface area contributed by atoms with Crippen LogP contribution in [0.25, 0.3) is 5.65 Å². The molecule has 12 heteroatoms. The van der Waals surface area contributed by atoms with Crippen molar-refractivity contribution in [2.24, 2.45) is 0 Å². The van der Waals surface area contributed by atoms with Crippen LogP contribution in [-0.2, 0) is 8.87 Å². The number of aryl methyl sites for hydroxylation is 1. The zero-order chi connectivity index (χ0) is 25.3. The fourth-order valence-electron chi connectivity index (χ4n) is 4.16. The lowest BCUT2D eigenvalue weighted by Crippen LogP contribution is -2.39. The molecule has 0 radical (unpaired) electrons.